The molecule has 1 amide bonds. The van der Waals surface area contributed by atoms with Crippen molar-refractivity contribution < 1.29 is 28.2 Å². The van der Waals surface area contributed by atoms with E-state index in [1.807, 2.05) is 0 Å². The van der Waals surface area contributed by atoms with Crippen molar-refractivity contribution in [3.05, 3.63) is 95.3 Å². The summed E-state index contributed by atoms with van der Waals surface area (Å²) in [6.45, 7) is 0. The fraction of sp³-hybridized carbons (Fsp3) is 0.0870. The number of methoxy groups -OCH3 is 1. The highest BCUT2D eigenvalue weighted by atomic mass is 19.1. The molecule has 8 heteroatoms. The quantitative estimate of drug-likeness (QED) is 0.391. The van der Waals surface area contributed by atoms with Crippen molar-refractivity contribution in [1.29, 1.82) is 0 Å². The summed E-state index contributed by atoms with van der Waals surface area (Å²) < 4.78 is 33.3. The van der Waals surface area contributed by atoms with Crippen molar-refractivity contribution in [2.24, 2.45) is 0 Å². The molecule has 0 radical (unpaired) electrons. The van der Waals surface area contributed by atoms with Crippen molar-refractivity contribution in [1.82, 2.24) is 4.98 Å². The van der Waals surface area contributed by atoms with Gasteiger partial charge in [-0.2, -0.15) is 0 Å². The van der Waals surface area contributed by atoms with Crippen LogP contribution in [0.1, 0.15) is 17.2 Å². The summed E-state index contributed by atoms with van der Waals surface area (Å²) in [5, 5.41) is 11.1. The molecule has 1 aliphatic heterocycles. The molecule has 1 atom stereocenters. The molecule has 0 saturated carbocycles. The number of rotatable bonds is 4. The number of amides is 1. The van der Waals surface area contributed by atoms with Crippen LogP contribution in [0, 0.1) is 11.6 Å². The maximum atomic E-state index is 14.6. The van der Waals surface area contributed by atoms with Crippen LogP contribution in [0.15, 0.2) is 72.6 Å². The molecule has 0 aliphatic carbocycles. The first-order chi connectivity index (χ1) is 14.9. The number of aliphatic hydroxyl groups is 1. The van der Waals surface area contributed by atoms with E-state index in [1.165, 1.54) is 25.6 Å². The van der Waals surface area contributed by atoms with E-state index in [1.54, 1.807) is 30.3 Å². The molecule has 2 aromatic carbocycles. The normalized spacial score (nSPS) is 17.8. The highest BCUT2D eigenvalue weighted by Gasteiger charge is 2.48. The minimum atomic E-state index is -1.16. The second-order valence-electron chi connectivity index (χ2n) is 6.75. The van der Waals surface area contributed by atoms with E-state index in [9.17, 15) is 23.5 Å². The molecule has 2 heterocycles. The number of anilines is 1. The van der Waals surface area contributed by atoms with Gasteiger partial charge in [0.1, 0.15) is 23.1 Å². The average molecular weight is 422 g/mol. The Balaban J connectivity index is 1.99. The Morgan fingerprint density at radius 3 is 2.45 bits per heavy atom. The number of hydrogen-bond acceptors (Lipinski definition) is 5. The Morgan fingerprint density at radius 1 is 1.06 bits per heavy atom. The molecule has 1 N–H and O–H groups in total. The topological polar surface area (TPSA) is 79.7 Å². The predicted octanol–water partition coefficient (Wildman–Crippen LogP) is 3.99. The summed E-state index contributed by atoms with van der Waals surface area (Å²) in [6, 6.07) is 11.1. The largest absolute Gasteiger partial charge is 0.507 e. The van der Waals surface area contributed by atoms with Gasteiger partial charge in [-0.25, -0.2) is 8.78 Å². The predicted molar refractivity (Wildman–Crippen MR) is 108 cm³/mol. The van der Waals surface area contributed by atoms with E-state index in [0.29, 0.717) is 11.6 Å². The minimum Gasteiger partial charge on any atom is -0.507 e. The molecule has 156 valence electrons. The van der Waals surface area contributed by atoms with E-state index in [4.69, 9.17) is 4.74 Å². The number of aliphatic hydroxyl groups excluding tert-OH is 1. The number of aromatic nitrogens is 1. The van der Waals surface area contributed by atoms with E-state index in [2.05, 4.69) is 4.98 Å². The first-order valence-corrected chi connectivity index (χ1v) is 9.23. The maximum absolute atomic E-state index is 14.6. The summed E-state index contributed by atoms with van der Waals surface area (Å²) in [4.78, 5) is 30.8. The zero-order valence-corrected chi connectivity index (χ0v) is 16.3. The number of para-hydroxylation sites is 1. The van der Waals surface area contributed by atoms with E-state index in [0.717, 1.165) is 17.0 Å². The van der Waals surface area contributed by atoms with Gasteiger partial charge in [-0.3, -0.25) is 19.5 Å². The Kier molecular flexibility index (Phi) is 5.21. The van der Waals surface area contributed by atoms with Gasteiger partial charge in [0, 0.05) is 18.5 Å². The molecule has 0 spiro atoms. The number of hydrogen-bond donors (Lipinski definition) is 1. The number of Topliss-reactive ketones (excluding diaryl/α,β-unsaturated/α-hetero) is 1. The van der Waals surface area contributed by atoms with Crippen LogP contribution in [0.2, 0.25) is 0 Å². The van der Waals surface area contributed by atoms with Gasteiger partial charge < -0.3 is 9.84 Å². The molecule has 31 heavy (non-hydrogen) atoms. The van der Waals surface area contributed by atoms with Gasteiger partial charge in [0.15, 0.2) is 0 Å². The number of ketones is 1. The van der Waals surface area contributed by atoms with Crippen molar-refractivity contribution >= 4 is 23.1 Å². The highest BCUT2D eigenvalue weighted by molar-refractivity contribution is 6.51. The Bertz CT molecular complexity index is 1210. The lowest BCUT2D eigenvalue weighted by Gasteiger charge is -2.25. The van der Waals surface area contributed by atoms with Gasteiger partial charge in [-0.15, -0.1) is 0 Å². The third kappa shape index (κ3) is 3.42. The summed E-state index contributed by atoms with van der Waals surface area (Å²) in [7, 11) is 1.40. The van der Waals surface area contributed by atoms with Crippen LogP contribution in [0.5, 0.6) is 5.75 Å². The van der Waals surface area contributed by atoms with Gasteiger partial charge in [0.25, 0.3) is 11.7 Å². The Morgan fingerprint density at radius 2 is 1.77 bits per heavy atom. The molecule has 1 fully saturated rings. The van der Waals surface area contributed by atoms with Crippen molar-refractivity contribution in [2.45, 2.75) is 6.04 Å². The van der Waals surface area contributed by atoms with Gasteiger partial charge in [0.2, 0.25) is 0 Å². The lowest BCUT2D eigenvalue weighted by Crippen LogP contribution is -2.30. The molecule has 1 aromatic heterocycles. The number of ether oxygens (including phenoxy) is 1. The van der Waals surface area contributed by atoms with Crippen LogP contribution in [0.3, 0.4) is 0 Å². The molecule has 4 rings (SSSR count). The number of pyridine rings is 1. The minimum absolute atomic E-state index is 0.196. The van der Waals surface area contributed by atoms with Crippen LogP contribution >= 0.6 is 0 Å². The number of nitrogens with zero attached hydrogens (tertiary/aromatic N) is 2. The van der Waals surface area contributed by atoms with Gasteiger partial charge in [-0.1, -0.05) is 12.1 Å². The van der Waals surface area contributed by atoms with Gasteiger partial charge in [-0.05, 0) is 42.0 Å². The lowest BCUT2D eigenvalue weighted by atomic mass is 9.95. The SMILES string of the molecule is COc1ccccc1/C(O)=C1\C(=O)C(=O)N(c2ccc(F)cc2F)C1c1ccncc1. The first kappa shape index (κ1) is 20.2. The average Bonchev–Trinajstić information content (AvgIpc) is 3.04. The number of carbonyl (C=O) groups is 2. The Labute approximate surface area is 176 Å². The zero-order chi connectivity index (χ0) is 22.1. The molecular formula is C23H16F2N2O4. The molecule has 3 aromatic rings. The van der Waals surface area contributed by atoms with Gasteiger partial charge >= 0.3 is 0 Å². The third-order valence-electron chi connectivity index (χ3n) is 5.00. The van der Waals surface area contributed by atoms with Crippen LogP contribution < -0.4 is 9.64 Å². The van der Waals surface area contributed by atoms with Crippen molar-refractivity contribution in [3.63, 3.8) is 0 Å². The number of halogens is 2. The fourth-order valence-electron chi connectivity index (χ4n) is 3.60. The summed E-state index contributed by atoms with van der Waals surface area (Å²) >= 11 is 0. The molecule has 6 nitrogen and oxygen atoms in total. The number of benzene rings is 2. The van der Waals surface area contributed by atoms with Crippen molar-refractivity contribution in [2.75, 3.05) is 12.0 Å². The van der Waals surface area contributed by atoms with Crippen LogP contribution in [-0.2, 0) is 9.59 Å². The molecular weight excluding hydrogens is 406 g/mol. The zero-order valence-electron chi connectivity index (χ0n) is 16.3. The molecule has 1 aliphatic rings. The highest BCUT2D eigenvalue weighted by Crippen LogP contribution is 2.43. The summed E-state index contributed by atoms with van der Waals surface area (Å²) in [5.41, 5.74) is 0.0739. The second-order valence-corrected chi connectivity index (χ2v) is 6.75. The first-order valence-electron chi connectivity index (χ1n) is 9.23. The van der Waals surface area contributed by atoms with Crippen LogP contribution in [0.4, 0.5) is 14.5 Å². The van der Waals surface area contributed by atoms with E-state index in [-0.39, 0.29) is 22.6 Å². The maximum Gasteiger partial charge on any atom is 0.300 e. The molecule has 1 saturated heterocycles. The van der Waals surface area contributed by atoms with Crippen LogP contribution in [-0.4, -0.2) is 28.9 Å². The smallest absolute Gasteiger partial charge is 0.300 e. The monoisotopic (exact) mass is 422 g/mol. The molecule has 1 unspecified atom stereocenters. The third-order valence-corrected chi connectivity index (χ3v) is 5.00. The van der Waals surface area contributed by atoms with Crippen LogP contribution in [0.25, 0.3) is 5.76 Å². The lowest BCUT2D eigenvalue weighted by molar-refractivity contribution is -0.132. The second kappa shape index (κ2) is 7.98. The summed E-state index contributed by atoms with van der Waals surface area (Å²) in [6.07, 6.45) is 2.89. The number of carbonyl (C=O) groups excluding carboxylic acids is 2. The standard InChI is InChI=1S/C23H16F2N2O4/c1-31-18-5-3-2-4-15(18)21(28)19-20(13-8-10-26-11-9-13)27(23(30)22(19)29)17-7-6-14(24)12-16(17)25/h2-12,20,28H,1H3/b21-19+. The Hall–Kier alpha value is -4.07. The van der Waals surface area contributed by atoms with Crippen molar-refractivity contribution in [3.8, 4) is 5.75 Å². The van der Waals surface area contributed by atoms with E-state index >= 15 is 0 Å². The fourth-order valence-corrected chi connectivity index (χ4v) is 3.60. The van der Waals surface area contributed by atoms with E-state index < -0.39 is 35.1 Å². The summed E-state index contributed by atoms with van der Waals surface area (Å²) in [5.74, 6) is -4.08. The van der Waals surface area contributed by atoms with Gasteiger partial charge in [0.05, 0.1) is 30.0 Å². The molecule has 0 bridgehead atoms.